The van der Waals surface area contributed by atoms with Gasteiger partial charge in [0.15, 0.2) is 5.76 Å². The van der Waals surface area contributed by atoms with Gasteiger partial charge in [0.05, 0.1) is 7.11 Å². The van der Waals surface area contributed by atoms with E-state index in [-0.39, 0.29) is 5.91 Å². The second kappa shape index (κ2) is 6.73. The molecule has 6 nitrogen and oxygen atoms in total. The molecule has 1 aromatic heterocycles. The van der Waals surface area contributed by atoms with E-state index in [1.807, 2.05) is 29.2 Å². The molecule has 0 saturated carbocycles. The molecule has 1 aliphatic heterocycles. The maximum Gasteiger partial charge on any atom is 0.406 e. The Morgan fingerprint density at radius 1 is 1.30 bits per heavy atom. The minimum atomic E-state index is -0.411. The van der Waals surface area contributed by atoms with Gasteiger partial charge in [-0.1, -0.05) is 18.2 Å². The highest BCUT2D eigenvalue weighted by molar-refractivity contribution is 5.96. The zero-order chi connectivity index (χ0) is 16.2. The number of amides is 2. The molecule has 0 atom stereocenters. The van der Waals surface area contributed by atoms with Crippen molar-refractivity contribution < 1.29 is 18.7 Å². The molecular formula is C17H20N2O4. The normalized spacial score (nSPS) is 15.6. The van der Waals surface area contributed by atoms with Crippen molar-refractivity contribution in [2.45, 2.75) is 12.8 Å². The van der Waals surface area contributed by atoms with Crippen LogP contribution in [-0.2, 0) is 4.74 Å². The standard InChI is InChI=1S/C17H20N2O4/c1-22-17(21)18-11-12-6-8-19(9-7-12)16(20)15-10-13-4-2-3-5-14(13)23-15/h2-5,10,12H,6-9,11H2,1H3,(H,18,21). The van der Waals surface area contributed by atoms with Gasteiger partial charge in [-0.2, -0.15) is 0 Å². The first kappa shape index (κ1) is 15.4. The summed E-state index contributed by atoms with van der Waals surface area (Å²) in [5, 5.41) is 3.65. The van der Waals surface area contributed by atoms with Crippen LogP contribution in [0.3, 0.4) is 0 Å². The molecule has 1 fully saturated rings. The fourth-order valence-electron chi connectivity index (χ4n) is 2.88. The van der Waals surface area contributed by atoms with E-state index >= 15 is 0 Å². The van der Waals surface area contributed by atoms with Gasteiger partial charge in [0.25, 0.3) is 5.91 Å². The number of furan rings is 1. The van der Waals surface area contributed by atoms with Crippen molar-refractivity contribution in [3.05, 3.63) is 36.1 Å². The number of piperidine rings is 1. The topological polar surface area (TPSA) is 71.8 Å². The molecule has 1 aliphatic rings. The Balaban J connectivity index is 1.56. The van der Waals surface area contributed by atoms with E-state index in [2.05, 4.69) is 10.1 Å². The molecule has 1 N–H and O–H groups in total. The van der Waals surface area contributed by atoms with Gasteiger partial charge in [-0.05, 0) is 30.9 Å². The number of methoxy groups -OCH3 is 1. The monoisotopic (exact) mass is 316 g/mol. The highest BCUT2D eigenvalue weighted by atomic mass is 16.5. The Morgan fingerprint density at radius 3 is 2.74 bits per heavy atom. The summed E-state index contributed by atoms with van der Waals surface area (Å²) in [5.74, 6) is 0.687. The molecule has 0 spiro atoms. The molecule has 3 rings (SSSR count). The summed E-state index contributed by atoms with van der Waals surface area (Å²) in [4.78, 5) is 25.4. The lowest BCUT2D eigenvalue weighted by Crippen LogP contribution is -2.41. The van der Waals surface area contributed by atoms with Crippen molar-refractivity contribution in [3.63, 3.8) is 0 Å². The van der Waals surface area contributed by atoms with Crippen LogP contribution < -0.4 is 5.32 Å². The van der Waals surface area contributed by atoms with Crippen molar-refractivity contribution in [1.29, 1.82) is 0 Å². The summed E-state index contributed by atoms with van der Waals surface area (Å²) >= 11 is 0. The van der Waals surface area contributed by atoms with Crippen LogP contribution in [0.15, 0.2) is 34.7 Å². The summed E-state index contributed by atoms with van der Waals surface area (Å²) in [6.07, 6.45) is 1.30. The molecule has 2 heterocycles. The lowest BCUT2D eigenvalue weighted by atomic mass is 9.96. The van der Waals surface area contributed by atoms with E-state index in [1.165, 1.54) is 7.11 Å². The largest absolute Gasteiger partial charge is 0.453 e. The van der Waals surface area contributed by atoms with Gasteiger partial charge in [-0.25, -0.2) is 4.79 Å². The van der Waals surface area contributed by atoms with Crippen LogP contribution in [0.25, 0.3) is 11.0 Å². The summed E-state index contributed by atoms with van der Waals surface area (Å²) in [6.45, 7) is 1.92. The van der Waals surface area contributed by atoms with Crippen molar-refractivity contribution in [1.82, 2.24) is 10.2 Å². The van der Waals surface area contributed by atoms with E-state index in [9.17, 15) is 9.59 Å². The second-order valence-corrected chi connectivity index (χ2v) is 5.76. The molecule has 0 bridgehead atoms. The highest BCUT2D eigenvalue weighted by Gasteiger charge is 2.25. The molecule has 0 unspecified atom stereocenters. The quantitative estimate of drug-likeness (QED) is 0.945. The summed E-state index contributed by atoms with van der Waals surface area (Å²) in [6, 6.07) is 9.39. The molecule has 6 heteroatoms. The van der Waals surface area contributed by atoms with Crippen LogP contribution in [0.1, 0.15) is 23.4 Å². The first-order chi connectivity index (χ1) is 11.2. The third kappa shape index (κ3) is 3.47. The number of carbonyl (C=O) groups excluding carboxylic acids is 2. The summed E-state index contributed by atoms with van der Waals surface area (Å²) in [7, 11) is 1.35. The van der Waals surface area contributed by atoms with Crippen molar-refractivity contribution in [3.8, 4) is 0 Å². The maximum atomic E-state index is 12.5. The summed E-state index contributed by atoms with van der Waals surface area (Å²) < 4.78 is 10.2. The predicted octanol–water partition coefficient (Wildman–Crippen LogP) is 2.64. The number of likely N-dealkylation sites (tertiary alicyclic amines) is 1. The number of nitrogens with one attached hydrogen (secondary N) is 1. The SMILES string of the molecule is COC(=O)NCC1CCN(C(=O)c2cc3ccccc3o2)CC1. The molecule has 1 saturated heterocycles. The van der Waals surface area contributed by atoms with Crippen LogP contribution in [0.2, 0.25) is 0 Å². The fourth-order valence-corrected chi connectivity index (χ4v) is 2.88. The van der Waals surface area contributed by atoms with E-state index in [4.69, 9.17) is 4.42 Å². The smallest absolute Gasteiger partial charge is 0.406 e. The van der Waals surface area contributed by atoms with Crippen molar-refractivity contribution >= 4 is 23.0 Å². The minimum absolute atomic E-state index is 0.0689. The fraction of sp³-hybridized carbons (Fsp3) is 0.412. The Kier molecular flexibility index (Phi) is 4.50. The maximum absolute atomic E-state index is 12.5. The van der Waals surface area contributed by atoms with E-state index < -0.39 is 6.09 Å². The van der Waals surface area contributed by atoms with Gasteiger partial charge < -0.3 is 19.4 Å². The van der Waals surface area contributed by atoms with Gasteiger partial charge in [0, 0.05) is 25.0 Å². The second-order valence-electron chi connectivity index (χ2n) is 5.76. The molecule has 2 aromatic rings. The number of hydrogen-bond acceptors (Lipinski definition) is 4. The van der Waals surface area contributed by atoms with Gasteiger partial charge in [0.1, 0.15) is 5.58 Å². The van der Waals surface area contributed by atoms with Gasteiger partial charge in [-0.15, -0.1) is 0 Å². The number of para-hydroxylation sites is 1. The molecule has 0 radical (unpaired) electrons. The average molecular weight is 316 g/mol. The number of carbonyl (C=O) groups is 2. The first-order valence-corrected chi connectivity index (χ1v) is 7.77. The van der Waals surface area contributed by atoms with E-state index in [0.717, 1.165) is 23.8 Å². The zero-order valence-corrected chi connectivity index (χ0v) is 13.1. The van der Waals surface area contributed by atoms with Crippen molar-refractivity contribution in [2.24, 2.45) is 5.92 Å². The molecule has 2 amide bonds. The number of benzene rings is 1. The minimum Gasteiger partial charge on any atom is -0.453 e. The lowest BCUT2D eigenvalue weighted by molar-refractivity contribution is 0.0659. The van der Waals surface area contributed by atoms with Crippen LogP contribution in [0.4, 0.5) is 4.79 Å². The Labute approximate surface area is 134 Å². The van der Waals surface area contributed by atoms with Crippen molar-refractivity contribution in [2.75, 3.05) is 26.7 Å². The first-order valence-electron chi connectivity index (χ1n) is 7.77. The third-order valence-corrected chi connectivity index (χ3v) is 4.26. The zero-order valence-electron chi connectivity index (χ0n) is 13.1. The van der Waals surface area contributed by atoms with Gasteiger partial charge in [0.2, 0.25) is 0 Å². The van der Waals surface area contributed by atoms with E-state index in [0.29, 0.717) is 31.3 Å². The molecule has 122 valence electrons. The highest BCUT2D eigenvalue weighted by Crippen LogP contribution is 2.23. The van der Waals surface area contributed by atoms with Crippen LogP contribution in [-0.4, -0.2) is 43.6 Å². The number of hydrogen-bond donors (Lipinski definition) is 1. The van der Waals surface area contributed by atoms with E-state index in [1.54, 1.807) is 6.07 Å². The Hall–Kier alpha value is -2.50. The van der Waals surface area contributed by atoms with Gasteiger partial charge >= 0.3 is 6.09 Å². The van der Waals surface area contributed by atoms with Crippen LogP contribution >= 0.6 is 0 Å². The molecule has 1 aromatic carbocycles. The molecule has 23 heavy (non-hydrogen) atoms. The number of rotatable bonds is 3. The lowest BCUT2D eigenvalue weighted by Gasteiger charge is -2.31. The number of fused-ring (bicyclic) bond motifs is 1. The van der Waals surface area contributed by atoms with Crippen LogP contribution in [0, 0.1) is 5.92 Å². The summed E-state index contributed by atoms with van der Waals surface area (Å²) in [5.41, 5.74) is 0.730. The molecule has 0 aliphatic carbocycles. The Morgan fingerprint density at radius 2 is 2.04 bits per heavy atom. The number of alkyl carbamates (subject to hydrolysis) is 1. The number of ether oxygens (including phenoxy) is 1. The Bertz CT molecular complexity index is 668. The predicted molar refractivity (Wildman–Crippen MR) is 85.2 cm³/mol. The van der Waals surface area contributed by atoms with Crippen LogP contribution in [0.5, 0.6) is 0 Å². The third-order valence-electron chi connectivity index (χ3n) is 4.26. The molecular weight excluding hydrogens is 296 g/mol. The van der Waals surface area contributed by atoms with Gasteiger partial charge in [-0.3, -0.25) is 4.79 Å². The average Bonchev–Trinajstić information content (AvgIpc) is 3.03. The number of nitrogens with zero attached hydrogens (tertiary/aromatic N) is 1.